The molecule has 204 valence electrons. The standard InChI is InChI=1S/C27H24N6O2.2C2H6.H2/c1-5-9-17(6-2)24-20-10-7-8-11-23(20)33-16(3)31-32-26(33)25(29-24)30-27(34)22-14-18-12-13-19(35-4)15-21(18)28-22;2*1-2;/h5-15,25,28H,1-2H2,3-4H3,(H,30,34);2*1-2H3;1H/b17-9+;;;. The number of nitrogens with zero attached hydrogens (tertiary/aromatic N) is 4. The summed E-state index contributed by atoms with van der Waals surface area (Å²) in [6.07, 6.45) is 4.46. The number of carbonyl (C=O) groups excluding carboxylic acids is 1. The number of amides is 1. The maximum Gasteiger partial charge on any atom is 0.269 e. The Morgan fingerprint density at radius 3 is 2.54 bits per heavy atom. The molecule has 0 saturated carbocycles. The molecule has 1 unspecified atom stereocenters. The lowest BCUT2D eigenvalue weighted by atomic mass is 10.00. The third-order valence-electron chi connectivity index (χ3n) is 5.89. The molecule has 0 saturated heterocycles. The average Bonchev–Trinajstić information content (AvgIpc) is 3.56. The molecule has 1 amide bonds. The van der Waals surface area contributed by atoms with Gasteiger partial charge in [-0.2, -0.15) is 0 Å². The minimum absolute atomic E-state index is 0. The minimum Gasteiger partial charge on any atom is -0.497 e. The topological polar surface area (TPSA) is 97.2 Å². The number of benzene rings is 2. The number of methoxy groups -OCH3 is 1. The number of para-hydroxylation sites is 1. The van der Waals surface area contributed by atoms with Crippen molar-refractivity contribution in [2.45, 2.75) is 40.8 Å². The van der Waals surface area contributed by atoms with E-state index < -0.39 is 6.17 Å². The summed E-state index contributed by atoms with van der Waals surface area (Å²) in [5, 5.41) is 12.6. The van der Waals surface area contributed by atoms with Crippen molar-refractivity contribution in [3.63, 3.8) is 0 Å². The highest BCUT2D eigenvalue weighted by Crippen LogP contribution is 2.30. The number of aliphatic imine (C=N–C) groups is 1. The number of hydrogen-bond acceptors (Lipinski definition) is 5. The maximum atomic E-state index is 13.4. The van der Waals surface area contributed by atoms with Gasteiger partial charge in [0.05, 0.1) is 18.5 Å². The third kappa shape index (κ3) is 5.75. The van der Waals surface area contributed by atoms with Crippen molar-refractivity contribution >= 4 is 22.5 Å². The summed E-state index contributed by atoms with van der Waals surface area (Å²) in [4.78, 5) is 21.5. The zero-order valence-corrected chi connectivity index (χ0v) is 23.4. The number of aromatic nitrogens is 4. The Bertz CT molecular complexity index is 1550. The quantitative estimate of drug-likeness (QED) is 0.267. The van der Waals surface area contributed by atoms with Gasteiger partial charge in [-0.1, -0.05) is 77.3 Å². The van der Waals surface area contributed by atoms with Crippen molar-refractivity contribution < 1.29 is 11.0 Å². The summed E-state index contributed by atoms with van der Waals surface area (Å²) in [6.45, 7) is 17.6. The van der Waals surface area contributed by atoms with Gasteiger partial charge < -0.3 is 15.0 Å². The SMILES string of the molecule is C=C/C=C(\C=C)C1=NC(NC(=O)c2cc3ccc(OC)cc3[nH]2)c2nnc(C)n2-c2ccccc21.CC.CC.[HH]. The van der Waals surface area contributed by atoms with E-state index in [1.807, 2.05) is 87.7 Å². The Hall–Kier alpha value is -4.72. The van der Waals surface area contributed by atoms with E-state index in [9.17, 15) is 4.79 Å². The number of nitrogens with one attached hydrogen (secondary N) is 2. The van der Waals surface area contributed by atoms with Crippen LogP contribution in [0.4, 0.5) is 0 Å². The molecule has 3 heterocycles. The highest BCUT2D eigenvalue weighted by atomic mass is 16.5. The van der Waals surface area contributed by atoms with Crippen LogP contribution >= 0.6 is 0 Å². The molecule has 0 fully saturated rings. The lowest BCUT2D eigenvalue weighted by Gasteiger charge is -2.14. The first-order chi connectivity index (χ1) is 19.0. The molecule has 2 aromatic heterocycles. The van der Waals surface area contributed by atoms with Gasteiger partial charge in [0.15, 0.2) is 12.0 Å². The molecule has 2 aromatic carbocycles. The molecular weight excluding hydrogens is 488 g/mol. The number of allylic oxidation sites excluding steroid dienone is 4. The molecule has 4 aromatic rings. The molecule has 0 radical (unpaired) electrons. The Morgan fingerprint density at radius 1 is 1.10 bits per heavy atom. The summed E-state index contributed by atoms with van der Waals surface area (Å²) in [5.41, 5.74) is 4.40. The van der Waals surface area contributed by atoms with Crippen LogP contribution < -0.4 is 10.1 Å². The third-order valence-corrected chi connectivity index (χ3v) is 5.89. The van der Waals surface area contributed by atoms with E-state index >= 15 is 0 Å². The molecule has 39 heavy (non-hydrogen) atoms. The van der Waals surface area contributed by atoms with Crippen LogP contribution in [0.25, 0.3) is 16.6 Å². The highest BCUT2D eigenvalue weighted by molar-refractivity contribution is 6.16. The Kier molecular flexibility index (Phi) is 9.75. The zero-order valence-electron chi connectivity index (χ0n) is 23.4. The number of ether oxygens (including phenoxy) is 1. The number of carbonyl (C=O) groups is 1. The number of aromatic amines is 1. The molecule has 1 aliphatic rings. The zero-order chi connectivity index (χ0) is 28.5. The predicted molar refractivity (Wildman–Crippen MR) is 161 cm³/mol. The molecule has 1 atom stereocenters. The van der Waals surface area contributed by atoms with Crippen molar-refractivity contribution in [2.75, 3.05) is 7.11 Å². The van der Waals surface area contributed by atoms with Crippen LogP contribution in [-0.4, -0.2) is 38.5 Å². The fourth-order valence-electron chi connectivity index (χ4n) is 4.23. The van der Waals surface area contributed by atoms with E-state index in [0.717, 1.165) is 27.7 Å². The molecule has 0 spiro atoms. The van der Waals surface area contributed by atoms with Crippen molar-refractivity contribution in [1.29, 1.82) is 0 Å². The van der Waals surface area contributed by atoms with Crippen LogP contribution in [0, 0.1) is 6.92 Å². The van der Waals surface area contributed by atoms with E-state index in [1.54, 1.807) is 25.3 Å². The minimum atomic E-state index is -0.791. The number of fused-ring (bicyclic) bond motifs is 4. The number of aryl methyl sites for hydroxylation is 1. The number of H-pyrrole nitrogens is 1. The van der Waals surface area contributed by atoms with Crippen molar-refractivity contribution in [3.8, 4) is 11.4 Å². The molecule has 8 nitrogen and oxygen atoms in total. The van der Waals surface area contributed by atoms with Crippen LogP contribution in [0.1, 0.15) is 63.0 Å². The van der Waals surface area contributed by atoms with Gasteiger partial charge in [-0.05, 0) is 36.8 Å². The number of hydrogen-bond donors (Lipinski definition) is 2. The summed E-state index contributed by atoms with van der Waals surface area (Å²) in [6, 6.07) is 15.2. The molecule has 1 aliphatic heterocycles. The molecular formula is C31H38N6O2. The van der Waals surface area contributed by atoms with Gasteiger partial charge in [0.25, 0.3) is 5.91 Å². The van der Waals surface area contributed by atoms with Crippen molar-refractivity contribution in [1.82, 2.24) is 25.1 Å². The lowest BCUT2D eigenvalue weighted by molar-refractivity contribution is 0.0932. The molecule has 0 aliphatic carbocycles. The molecule has 5 rings (SSSR count). The maximum absolute atomic E-state index is 13.4. The van der Waals surface area contributed by atoms with Gasteiger partial charge >= 0.3 is 0 Å². The average molecular weight is 527 g/mol. The smallest absolute Gasteiger partial charge is 0.269 e. The second kappa shape index (κ2) is 13.2. The predicted octanol–water partition coefficient (Wildman–Crippen LogP) is 6.89. The van der Waals surface area contributed by atoms with E-state index in [-0.39, 0.29) is 7.33 Å². The summed E-state index contributed by atoms with van der Waals surface area (Å²) < 4.78 is 7.21. The molecule has 0 bridgehead atoms. The van der Waals surface area contributed by atoms with Crippen LogP contribution in [0.5, 0.6) is 5.75 Å². The van der Waals surface area contributed by atoms with Gasteiger partial charge in [-0.3, -0.25) is 14.4 Å². The van der Waals surface area contributed by atoms with Crippen molar-refractivity contribution in [3.05, 3.63) is 108 Å². The number of rotatable bonds is 6. The monoisotopic (exact) mass is 526 g/mol. The first-order valence-corrected chi connectivity index (χ1v) is 13.1. The van der Waals surface area contributed by atoms with E-state index in [4.69, 9.17) is 9.73 Å². The Balaban J connectivity index is 0.00000107. The second-order valence-corrected chi connectivity index (χ2v) is 8.01. The fourth-order valence-corrected chi connectivity index (χ4v) is 4.23. The van der Waals surface area contributed by atoms with Crippen LogP contribution in [0.15, 0.2) is 90.5 Å². The van der Waals surface area contributed by atoms with Crippen LogP contribution in [0.2, 0.25) is 0 Å². The fraction of sp³-hybridized carbons (Fsp3) is 0.226. The highest BCUT2D eigenvalue weighted by Gasteiger charge is 2.29. The van der Waals surface area contributed by atoms with E-state index in [0.29, 0.717) is 28.8 Å². The summed E-state index contributed by atoms with van der Waals surface area (Å²) in [5.74, 6) is 1.59. The molecule has 8 heteroatoms. The van der Waals surface area contributed by atoms with E-state index in [2.05, 4.69) is 33.7 Å². The second-order valence-electron chi connectivity index (χ2n) is 8.01. The lowest BCUT2D eigenvalue weighted by Crippen LogP contribution is -2.29. The van der Waals surface area contributed by atoms with Gasteiger partial charge in [0, 0.05) is 24.0 Å². The van der Waals surface area contributed by atoms with Gasteiger partial charge in [-0.25, -0.2) is 0 Å². The Labute approximate surface area is 231 Å². The van der Waals surface area contributed by atoms with Crippen LogP contribution in [-0.2, 0) is 0 Å². The Morgan fingerprint density at radius 2 is 1.85 bits per heavy atom. The normalized spacial score (nSPS) is 13.7. The van der Waals surface area contributed by atoms with Gasteiger partial charge in [-0.15, -0.1) is 10.2 Å². The van der Waals surface area contributed by atoms with Crippen LogP contribution in [0.3, 0.4) is 0 Å². The van der Waals surface area contributed by atoms with E-state index in [1.165, 1.54) is 0 Å². The van der Waals surface area contributed by atoms with Crippen molar-refractivity contribution in [2.24, 2.45) is 4.99 Å². The first-order valence-electron chi connectivity index (χ1n) is 13.1. The van der Waals surface area contributed by atoms with Gasteiger partial charge in [0.2, 0.25) is 0 Å². The van der Waals surface area contributed by atoms with Gasteiger partial charge in [0.1, 0.15) is 17.3 Å². The summed E-state index contributed by atoms with van der Waals surface area (Å²) in [7, 11) is 1.60. The molecule has 2 N–H and O–H groups in total. The first kappa shape index (κ1) is 28.8. The largest absolute Gasteiger partial charge is 0.497 e. The summed E-state index contributed by atoms with van der Waals surface area (Å²) >= 11 is 0.